The summed E-state index contributed by atoms with van der Waals surface area (Å²) < 4.78 is 0. The molecule has 1 aliphatic rings. The zero-order valence-electron chi connectivity index (χ0n) is 10.1. The van der Waals surface area contributed by atoms with Crippen LogP contribution in [0, 0.1) is 0 Å². The molecule has 0 saturated carbocycles. The molecule has 5 heteroatoms. The summed E-state index contributed by atoms with van der Waals surface area (Å²) in [5, 5.41) is 0.775. The Morgan fingerprint density at radius 2 is 2.31 bits per heavy atom. The first-order chi connectivity index (χ1) is 7.72. The molecule has 0 aromatic rings. The molecule has 0 spiro atoms. The highest BCUT2D eigenvalue weighted by Crippen LogP contribution is 2.18. The van der Waals surface area contributed by atoms with Crippen LogP contribution in [0.3, 0.4) is 0 Å². The van der Waals surface area contributed by atoms with Gasteiger partial charge < -0.3 is 4.90 Å². The van der Waals surface area contributed by atoms with Gasteiger partial charge in [-0.15, -0.1) is 0 Å². The number of amides is 1. The summed E-state index contributed by atoms with van der Waals surface area (Å²) in [5.74, 6) is 6.22. The molecule has 1 amide bonds. The largest absolute Gasteiger partial charge is 0.301 e. The first kappa shape index (κ1) is 13.8. The molecule has 1 saturated heterocycles. The van der Waals surface area contributed by atoms with Crippen molar-refractivity contribution in [2.45, 2.75) is 37.9 Å². The molecule has 1 rings (SSSR count). The minimum absolute atomic E-state index is 0.0528. The van der Waals surface area contributed by atoms with Gasteiger partial charge in [0.2, 0.25) is 5.91 Å². The number of hydrazine groups is 1. The maximum atomic E-state index is 10.9. The SMILES string of the molecule is CC1CN(CCCCCC(=O)NN)CCS1. The molecule has 0 aromatic carbocycles. The number of hydrogen-bond acceptors (Lipinski definition) is 4. The molecule has 1 heterocycles. The molecular formula is C11H23N3OS. The summed E-state index contributed by atoms with van der Waals surface area (Å²) >= 11 is 2.06. The molecule has 1 aliphatic heterocycles. The zero-order valence-corrected chi connectivity index (χ0v) is 10.9. The Hall–Kier alpha value is -0.260. The van der Waals surface area contributed by atoms with Gasteiger partial charge in [0.25, 0.3) is 0 Å². The van der Waals surface area contributed by atoms with Gasteiger partial charge in [-0.1, -0.05) is 13.3 Å². The average Bonchev–Trinajstić information content (AvgIpc) is 2.28. The van der Waals surface area contributed by atoms with Crippen molar-refractivity contribution in [2.24, 2.45) is 5.84 Å². The number of nitrogens with two attached hydrogens (primary N) is 1. The van der Waals surface area contributed by atoms with Crippen LogP contribution in [-0.2, 0) is 4.79 Å². The molecule has 16 heavy (non-hydrogen) atoms. The maximum absolute atomic E-state index is 10.9. The van der Waals surface area contributed by atoms with Crippen LogP contribution >= 0.6 is 11.8 Å². The summed E-state index contributed by atoms with van der Waals surface area (Å²) in [6.45, 7) is 5.91. The number of rotatable bonds is 6. The van der Waals surface area contributed by atoms with Crippen molar-refractivity contribution < 1.29 is 4.79 Å². The van der Waals surface area contributed by atoms with Gasteiger partial charge in [0.05, 0.1) is 0 Å². The van der Waals surface area contributed by atoms with Crippen LogP contribution in [0.4, 0.5) is 0 Å². The van der Waals surface area contributed by atoms with Crippen molar-refractivity contribution in [3.8, 4) is 0 Å². The number of nitrogens with one attached hydrogen (secondary N) is 1. The number of carbonyl (C=O) groups excluding carboxylic acids is 1. The molecule has 1 fully saturated rings. The Morgan fingerprint density at radius 3 is 3.00 bits per heavy atom. The average molecular weight is 245 g/mol. The van der Waals surface area contributed by atoms with Crippen LogP contribution < -0.4 is 11.3 Å². The van der Waals surface area contributed by atoms with E-state index >= 15 is 0 Å². The number of unbranched alkanes of at least 4 members (excludes halogenated alkanes) is 2. The fourth-order valence-corrected chi connectivity index (χ4v) is 3.05. The Morgan fingerprint density at radius 1 is 1.50 bits per heavy atom. The lowest BCUT2D eigenvalue weighted by Gasteiger charge is -2.30. The molecule has 0 aliphatic carbocycles. The summed E-state index contributed by atoms with van der Waals surface area (Å²) in [6.07, 6.45) is 3.81. The van der Waals surface area contributed by atoms with E-state index in [1.54, 1.807) is 0 Å². The van der Waals surface area contributed by atoms with Gasteiger partial charge in [-0.05, 0) is 19.4 Å². The van der Waals surface area contributed by atoms with Gasteiger partial charge in [0, 0.05) is 30.5 Å². The minimum atomic E-state index is -0.0528. The summed E-state index contributed by atoms with van der Waals surface area (Å²) in [7, 11) is 0. The third kappa shape index (κ3) is 5.72. The second-order valence-electron chi connectivity index (χ2n) is 4.36. The van der Waals surface area contributed by atoms with Crippen molar-refractivity contribution >= 4 is 17.7 Å². The second-order valence-corrected chi connectivity index (χ2v) is 5.91. The monoisotopic (exact) mass is 245 g/mol. The standard InChI is InChI=1S/C11H23N3OS/c1-10-9-14(7-8-16-10)6-4-2-3-5-11(15)13-12/h10H,2-9,12H2,1H3,(H,13,15). The van der Waals surface area contributed by atoms with E-state index in [1.165, 1.54) is 31.8 Å². The normalized spacial score (nSPS) is 22.0. The van der Waals surface area contributed by atoms with E-state index in [2.05, 4.69) is 29.0 Å². The zero-order chi connectivity index (χ0) is 11.8. The molecule has 1 atom stereocenters. The van der Waals surface area contributed by atoms with Crippen molar-refractivity contribution in [1.29, 1.82) is 0 Å². The highest BCUT2D eigenvalue weighted by atomic mass is 32.2. The molecule has 4 nitrogen and oxygen atoms in total. The van der Waals surface area contributed by atoms with E-state index < -0.39 is 0 Å². The van der Waals surface area contributed by atoms with E-state index in [0.717, 1.165) is 18.1 Å². The quantitative estimate of drug-likeness (QED) is 0.317. The third-order valence-corrected chi connectivity index (χ3v) is 4.00. The highest BCUT2D eigenvalue weighted by molar-refractivity contribution is 7.99. The second kappa shape index (κ2) is 7.92. The predicted octanol–water partition coefficient (Wildman–Crippen LogP) is 0.974. The van der Waals surface area contributed by atoms with E-state index in [-0.39, 0.29) is 5.91 Å². The predicted molar refractivity (Wildman–Crippen MR) is 69.2 cm³/mol. The minimum Gasteiger partial charge on any atom is -0.301 e. The van der Waals surface area contributed by atoms with Gasteiger partial charge in [0.15, 0.2) is 0 Å². The van der Waals surface area contributed by atoms with Crippen LogP contribution in [0.5, 0.6) is 0 Å². The van der Waals surface area contributed by atoms with E-state index in [0.29, 0.717) is 6.42 Å². The highest BCUT2D eigenvalue weighted by Gasteiger charge is 2.15. The van der Waals surface area contributed by atoms with Gasteiger partial charge >= 0.3 is 0 Å². The van der Waals surface area contributed by atoms with Crippen LogP contribution in [0.15, 0.2) is 0 Å². The van der Waals surface area contributed by atoms with Gasteiger partial charge in [0.1, 0.15) is 0 Å². The smallest absolute Gasteiger partial charge is 0.233 e. The lowest BCUT2D eigenvalue weighted by molar-refractivity contribution is -0.121. The molecule has 3 N–H and O–H groups in total. The Balaban J connectivity index is 1.96. The fourth-order valence-electron chi connectivity index (χ4n) is 1.96. The van der Waals surface area contributed by atoms with Crippen molar-refractivity contribution in [2.75, 3.05) is 25.4 Å². The number of hydrogen-bond donors (Lipinski definition) is 2. The first-order valence-corrected chi connectivity index (χ1v) is 7.10. The topological polar surface area (TPSA) is 58.4 Å². The van der Waals surface area contributed by atoms with Gasteiger partial charge in [-0.3, -0.25) is 10.2 Å². The van der Waals surface area contributed by atoms with Gasteiger partial charge in [-0.2, -0.15) is 11.8 Å². The molecular weight excluding hydrogens is 222 g/mol. The van der Waals surface area contributed by atoms with Crippen molar-refractivity contribution in [1.82, 2.24) is 10.3 Å². The first-order valence-electron chi connectivity index (χ1n) is 6.06. The number of carbonyl (C=O) groups is 1. The molecule has 0 aromatic heterocycles. The lowest BCUT2D eigenvalue weighted by atomic mass is 10.2. The van der Waals surface area contributed by atoms with Crippen LogP contribution in [0.25, 0.3) is 0 Å². The molecule has 1 unspecified atom stereocenters. The Labute approximate surface area is 102 Å². The number of nitrogens with zero attached hydrogens (tertiary/aromatic N) is 1. The molecule has 94 valence electrons. The Bertz CT molecular complexity index is 213. The van der Waals surface area contributed by atoms with E-state index in [4.69, 9.17) is 5.84 Å². The van der Waals surface area contributed by atoms with Crippen molar-refractivity contribution in [3.63, 3.8) is 0 Å². The summed E-state index contributed by atoms with van der Waals surface area (Å²) in [5.41, 5.74) is 2.16. The molecule has 0 bridgehead atoms. The van der Waals surface area contributed by atoms with Crippen LogP contribution in [0.2, 0.25) is 0 Å². The van der Waals surface area contributed by atoms with E-state index in [9.17, 15) is 4.79 Å². The van der Waals surface area contributed by atoms with Crippen molar-refractivity contribution in [3.05, 3.63) is 0 Å². The van der Waals surface area contributed by atoms with Crippen LogP contribution in [0.1, 0.15) is 32.6 Å². The maximum Gasteiger partial charge on any atom is 0.233 e. The summed E-state index contributed by atoms with van der Waals surface area (Å²) in [4.78, 5) is 13.4. The third-order valence-electron chi connectivity index (χ3n) is 2.86. The van der Waals surface area contributed by atoms with Gasteiger partial charge in [-0.25, -0.2) is 5.84 Å². The molecule has 0 radical (unpaired) electrons. The van der Waals surface area contributed by atoms with E-state index in [1.807, 2.05) is 0 Å². The summed E-state index contributed by atoms with van der Waals surface area (Å²) in [6, 6.07) is 0. The Kier molecular flexibility index (Phi) is 6.84. The lowest BCUT2D eigenvalue weighted by Crippen LogP contribution is -2.37. The number of thioether (sulfide) groups is 1. The fraction of sp³-hybridized carbons (Fsp3) is 0.909. The van der Waals surface area contributed by atoms with Crippen LogP contribution in [-0.4, -0.2) is 41.4 Å².